The van der Waals surface area contributed by atoms with Gasteiger partial charge >= 0.3 is 0 Å². The molecule has 5 heteroatoms. The van der Waals surface area contributed by atoms with Crippen LogP contribution in [0.25, 0.3) is 11.0 Å². The van der Waals surface area contributed by atoms with Gasteiger partial charge in [0, 0.05) is 18.7 Å². The van der Waals surface area contributed by atoms with E-state index in [0.717, 1.165) is 28.1 Å². The SMILES string of the molecule is COc1ccc2[nH]c(=S)n(CC3CCCN3C)c2c1. The molecule has 1 fully saturated rings. The molecule has 0 bridgehead atoms. The van der Waals surface area contributed by atoms with Gasteiger partial charge in [-0.25, -0.2) is 0 Å². The van der Waals surface area contributed by atoms with Crippen LogP contribution in [0.1, 0.15) is 12.8 Å². The fourth-order valence-corrected chi connectivity index (χ4v) is 3.14. The number of imidazole rings is 1. The molecule has 1 aromatic heterocycles. The van der Waals surface area contributed by atoms with Crippen LogP contribution in [0.4, 0.5) is 0 Å². The summed E-state index contributed by atoms with van der Waals surface area (Å²) in [5, 5.41) is 0. The van der Waals surface area contributed by atoms with Crippen LogP contribution in [-0.4, -0.2) is 41.2 Å². The smallest absolute Gasteiger partial charge is 0.178 e. The van der Waals surface area contributed by atoms with Crippen LogP contribution in [0.5, 0.6) is 5.75 Å². The summed E-state index contributed by atoms with van der Waals surface area (Å²) in [7, 11) is 3.88. The highest BCUT2D eigenvalue weighted by molar-refractivity contribution is 7.71. The molecular weight excluding hydrogens is 258 g/mol. The lowest BCUT2D eigenvalue weighted by Crippen LogP contribution is -2.29. The molecule has 1 aliphatic rings. The van der Waals surface area contributed by atoms with Crippen LogP contribution >= 0.6 is 12.2 Å². The van der Waals surface area contributed by atoms with Crippen LogP contribution in [0.3, 0.4) is 0 Å². The minimum atomic E-state index is 0.580. The van der Waals surface area contributed by atoms with Crippen molar-refractivity contribution < 1.29 is 4.74 Å². The topological polar surface area (TPSA) is 33.2 Å². The number of hydrogen-bond acceptors (Lipinski definition) is 3. The van der Waals surface area contributed by atoms with E-state index < -0.39 is 0 Å². The van der Waals surface area contributed by atoms with E-state index in [-0.39, 0.29) is 0 Å². The third-order valence-corrected chi connectivity index (χ3v) is 4.37. The number of nitrogens with one attached hydrogen (secondary N) is 1. The van der Waals surface area contributed by atoms with Crippen molar-refractivity contribution in [2.45, 2.75) is 25.4 Å². The second kappa shape index (κ2) is 4.98. The minimum Gasteiger partial charge on any atom is -0.497 e. The first-order valence-electron chi connectivity index (χ1n) is 6.66. The van der Waals surface area contributed by atoms with Crippen molar-refractivity contribution >= 4 is 23.3 Å². The number of aromatic nitrogens is 2. The van der Waals surface area contributed by atoms with Crippen LogP contribution in [0.15, 0.2) is 18.2 Å². The third-order valence-electron chi connectivity index (χ3n) is 4.05. The van der Waals surface area contributed by atoms with E-state index in [1.54, 1.807) is 7.11 Å². The number of fused-ring (bicyclic) bond motifs is 1. The molecule has 1 atom stereocenters. The van der Waals surface area contributed by atoms with Crippen molar-refractivity contribution in [2.24, 2.45) is 0 Å². The quantitative estimate of drug-likeness (QED) is 0.876. The number of ether oxygens (including phenoxy) is 1. The second-order valence-electron chi connectivity index (χ2n) is 5.20. The molecule has 0 amide bonds. The Kier molecular flexibility index (Phi) is 3.33. The highest BCUT2D eigenvalue weighted by atomic mass is 32.1. The largest absolute Gasteiger partial charge is 0.497 e. The van der Waals surface area contributed by atoms with Crippen molar-refractivity contribution in [2.75, 3.05) is 20.7 Å². The number of likely N-dealkylation sites (N-methyl/N-ethyl adjacent to an activating group) is 1. The maximum atomic E-state index is 5.45. The maximum absolute atomic E-state index is 5.45. The Bertz CT molecular complexity index is 646. The zero-order chi connectivity index (χ0) is 13.4. The van der Waals surface area contributed by atoms with Gasteiger partial charge in [-0.15, -0.1) is 0 Å². The van der Waals surface area contributed by atoms with Crippen molar-refractivity contribution in [1.82, 2.24) is 14.5 Å². The molecular formula is C14H19N3OS. The Balaban J connectivity index is 2.01. The second-order valence-corrected chi connectivity index (χ2v) is 5.59. The fourth-order valence-electron chi connectivity index (χ4n) is 2.86. The van der Waals surface area contributed by atoms with Gasteiger partial charge < -0.3 is 19.2 Å². The van der Waals surface area contributed by atoms with Crippen LogP contribution in [-0.2, 0) is 6.54 Å². The van der Waals surface area contributed by atoms with Gasteiger partial charge in [-0.1, -0.05) is 0 Å². The summed E-state index contributed by atoms with van der Waals surface area (Å²) >= 11 is 5.45. The Hall–Kier alpha value is -1.33. The van der Waals surface area contributed by atoms with Gasteiger partial charge in [0.25, 0.3) is 0 Å². The monoisotopic (exact) mass is 277 g/mol. The predicted octanol–water partition coefficient (Wildman–Crippen LogP) is 2.80. The molecule has 0 radical (unpaired) electrons. The first kappa shape index (κ1) is 12.7. The first-order chi connectivity index (χ1) is 9.19. The Morgan fingerprint density at radius 1 is 1.47 bits per heavy atom. The molecule has 1 N–H and O–H groups in total. The van der Waals surface area contributed by atoms with Gasteiger partial charge in [0.05, 0.1) is 18.1 Å². The molecule has 19 heavy (non-hydrogen) atoms. The molecule has 1 aromatic carbocycles. The average molecular weight is 277 g/mol. The predicted molar refractivity (Wildman–Crippen MR) is 79.3 cm³/mol. The molecule has 1 aliphatic heterocycles. The fraction of sp³-hybridized carbons (Fsp3) is 0.500. The van der Waals surface area contributed by atoms with Crippen molar-refractivity contribution in [3.63, 3.8) is 0 Å². The van der Waals surface area contributed by atoms with Gasteiger partial charge in [0.1, 0.15) is 5.75 Å². The number of rotatable bonds is 3. The van der Waals surface area contributed by atoms with Crippen molar-refractivity contribution in [1.29, 1.82) is 0 Å². The highest BCUT2D eigenvalue weighted by Gasteiger charge is 2.22. The van der Waals surface area contributed by atoms with Crippen LogP contribution in [0.2, 0.25) is 0 Å². The molecule has 1 saturated heterocycles. The zero-order valence-electron chi connectivity index (χ0n) is 11.3. The average Bonchev–Trinajstić information content (AvgIpc) is 2.94. The normalized spacial score (nSPS) is 20.2. The highest BCUT2D eigenvalue weighted by Crippen LogP contribution is 2.23. The third kappa shape index (κ3) is 2.28. The minimum absolute atomic E-state index is 0.580. The lowest BCUT2D eigenvalue weighted by atomic mass is 10.2. The Morgan fingerprint density at radius 3 is 3.00 bits per heavy atom. The molecule has 0 spiro atoms. The number of hydrogen-bond donors (Lipinski definition) is 1. The van der Waals surface area contributed by atoms with E-state index in [2.05, 4.69) is 27.6 Å². The van der Waals surface area contributed by atoms with Crippen molar-refractivity contribution in [3.05, 3.63) is 23.0 Å². The standard InChI is InChI=1S/C14H19N3OS/c1-16-7-3-4-10(16)9-17-13-8-11(18-2)5-6-12(13)15-14(17)19/h5-6,8,10H,3-4,7,9H2,1-2H3,(H,15,19). The van der Waals surface area contributed by atoms with Gasteiger partial charge in [-0.2, -0.15) is 0 Å². The molecule has 0 saturated carbocycles. The summed E-state index contributed by atoms with van der Waals surface area (Å²) in [5.74, 6) is 0.870. The van der Waals surface area contributed by atoms with Crippen molar-refractivity contribution in [3.8, 4) is 5.75 Å². The molecule has 2 heterocycles. The van der Waals surface area contributed by atoms with Crippen LogP contribution in [0, 0.1) is 4.77 Å². The Labute approximate surface area is 118 Å². The van der Waals surface area contributed by atoms with E-state index >= 15 is 0 Å². The van der Waals surface area contributed by atoms with E-state index in [4.69, 9.17) is 17.0 Å². The lowest BCUT2D eigenvalue weighted by molar-refractivity contribution is 0.283. The number of nitrogens with zero attached hydrogens (tertiary/aromatic N) is 2. The molecule has 1 unspecified atom stereocenters. The summed E-state index contributed by atoms with van der Waals surface area (Å²) in [5.41, 5.74) is 2.20. The molecule has 2 aromatic rings. The van der Waals surface area contributed by atoms with E-state index in [9.17, 15) is 0 Å². The van der Waals surface area contributed by atoms with Crippen LogP contribution < -0.4 is 4.74 Å². The molecule has 0 aliphatic carbocycles. The number of likely N-dealkylation sites (tertiary alicyclic amines) is 1. The van der Waals surface area contributed by atoms with Gasteiger partial charge in [0.15, 0.2) is 4.77 Å². The summed E-state index contributed by atoms with van der Waals surface area (Å²) < 4.78 is 8.30. The van der Waals surface area contributed by atoms with E-state index in [0.29, 0.717) is 6.04 Å². The number of aromatic amines is 1. The number of methoxy groups -OCH3 is 1. The summed E-state index contributed by atoms with van der Waals surface area (Å²) in [6.07, 6.45) is 2.52. The van der Waals surface area contributed by atoms with E-state index in [1.807, 2.05) is 12.1 Å². The summed E-state index contributed by atoms with van der Waals surface area (Å²) in [4.78, 5) is 5.69. The van der Waals surface area contributed by atoms with E-state index in [1.165, 1.54) is 19.4 Å². The van der Waals surface area contributed by atoms with Gasteiger partial charge in [-0.05, 0) is 50.8 Å². The maximum Gasteiger partial charge on any atom is 0.178 e. The molecule has 102 valence electrons. The summed E-state index contributed by atoms with van der Waals surface area (Å²) in [6.45, 7) is 2.13. The van der Waals surface area contributed by atoms with Gasteiger partial charge in [0.2, 0.25) is 0 Å². The number of benzene rings is 1. The summed E-state index contributed by atoms with van der Waals surface area (Å²) in [6, 6.07) is 6.62. The molecule has 3 rings (SSSR count). The first-order valence-corrected chi connectivity index (χ1v) is 7.06. The molecule has 4 nitrogen and oxygen atoms in total. The lowest BCUT2D eigenvalue weighted by Gasteiger charge is -2.20. The number of H-pyrrole nitrogens is 1. The zero-order valence-corrected chi connectivity index (χ0v) is 12.2. The Morgan fingerprint density at radius 2 is 2.32 bits per heavy atom. The van der Waals surface area contributed by atoms with Gasteiger partial charge in [-0.3, -0.25) is 0 Å².